The molecule has 0 bridgehead atoms. The molecule has 1 fully saturated rings. The number of H-pyrrole nitrogens is 1. The Balaban J connectivity index is 2.14. The number of aromatic nitrogens is 2. The highest BCUT2D eigenvalue weighted by Crippen LogP contribution is 2.46. The maximum absolute atomic E-state index is 13.6. The lowest BCUT2D eigenvalue weighted by Gasteiger charge is -2.25. The number of aliphatic hydroxyl groups is 1. The van der Waals surface area contributed by atoms with Gasteiger partial charge in [0.15, 0.2) is 11.3 Å². The van der Waals surface area contributed by atoms with Gasteiger partial charge in [0, 0.05) is 22.9 Å². The lowest BCUT2D eigenvalue weighted by atomic mass is 10.00. The lowest BCUT2D eigenvalue weighted by Crippen LogP contribution is -2.37. The summed E-state index contributed by atoms with van der Waals surface area (Å²) in [6.45, 7) is 10.9. The van der Waals surface area contributed by atoms with Crippen LogP contribution in [0.4, 0.5) is 0 Å². The van der Waals surface area contributed by atoms with Crippen LogP contribution >= 0.6 is 31.1 Å². The largest absolute Gasteiger partial charge is 0.462 e. The highest BCUT2D eigenvalue weighted by Gasteiger charge is 2.45. The molecular weight excluding hydrogens is 577 g/mol. The van der Waals surface area contributed by atoms with Gasteiger partial charge >= 0.3 is 19.4 Å². The maximum atomic E-state index is 13.6. The number of carbonyl (C=O) groups excluding carboxylic acids is 2. The number of esters is 1. The van der Waals surface area contributed by atoms with Crippen molar-refractivity contribution in [3.63, 3.8) is 0 Å². The number of hydrogen-bond donors (Lipinski definition) is 3. The van der Waals surface area contributed by atoms with E-state index in [1.807, 2.05) is 0 Å². The zero-order chi connectivity index (χ0) is 29.7. The van der Waals surface area contributed by atoms with Gasteiger partial charge in [-0.15, -0.1) is 11.6 Å². The normalized spacial score (nSPS) is 23.9. The van der Waals surface area contributed by atoms with Gasteiger partial charge < -0.3 is 14.6 Å². The second-order valence-corrected chi connectivity index (χ2v) is 13.7. The highest BCUT2D eigenvalue weighted by atomic mass is 35.5. The van der Waals surface area contributed by atoms with Crippen LogP contribution in [0.5, 0.6) is 0 Å². The SMILES string of the molecule is Cc1cn(C2OC(COP(=O)(NC(C)C(=O)OC(C)C)OCCSC(=O)C(C)(C)C)C(O)C2Cl)c(=O)[nH]c1=O. The van der Waals surface area contributed by atoms with Crippen LogP contribution in [0, 0.1) is 12.3 Å². The number of carbonyl (C=O) groups is 2. The van der Waals surface area contributed by atoms with E-state index in [1.165, 1.54) is 20.0 Å². The number of aliphatic hydroxyl groups excluding tert-OH is 1. The van der Waals surface area contributed by atoms with Crippen molar-refractivity contribution in [2.75, 3.05) is 19.0 Å². The van der Waals surface area contributed by atoms with E-state index >= 15 is 0 Å². The van der Waals surface area contributed by atoms with Crippen LogP contribution in [0.1, 0.15) is 53.3 Å². The molecular formula is C23H37ClN3O10PS. The Hall–Kier alpha value is -1.51. The summed E-state index contributed by atoms with van der Waals surface area (Å²) in [6.07, 6.45) is -2.82. The van der Waals surface area contributed by atoms with Gasteiger partial charge in [-0.05, 0) is 27.7 Å². The zero-order valence-corrected chi connectivity index (χ0v) is 25.4. The molecule has 2 rings (SSSR count). The van der Waals surface area contributed by atoms with Gasteiger partial charge in [0.2, 0.25) is 0 Å². The Bertz CT molecular complexity index is 1180. The van der Waals surface area contributed by atoms with Gasteiger partial charge in [0.1, 0.15) is 23.6 Å². The molecule has 222 valence electrons. The average Bonchev–Trinajstić information content (AvgIpc) is 3.10. The fourth-order valence-electron chi connectivity index (χ4n) is 3.26. The maximum Gasteiger partial charge on any atom is 0.406 e. The molecule has 0 aromatic carbocycles. The monoisotopic (exact) mass is 613 g/mol. The second-order valence-electron chi connectivity index (χ2n) is 10.3. The van der Waals surface area contributed by atoms with Crippen molar-refractivity contribution in [3.8, 4) is 0 Å². The third-order valence-corrected chi connectivity index (χ3v) is 8.80. The van der Waals surface area contributed by atoms with E-state index in [1.54, 1.807) is 34.6 Å². The Morgan fingerprint density at radius 2 is 1.92 bits per heavy atom. The fraction of sp³-hybridized carbons (Fsp3) is 0.739. The number of nitrogens with one attached hydrogen (secondary N) is 2. The molecule has 3 N–H and O–H groups in total. The first-order valence-corrected chi connectivity index (χ1v) is 15.3. The van der Waals surface area contributed by atoms with Crippen molar-refractivity contribution >= 4 is 42.2 Å². The number of alkyl halides is 1. The predicted molar refractivity (Wildman–Crippen MR) is 146 cm³/mol. The molecule has 1 saturated heterocycles. The Morgan fingerprint density at radius 3 is 2.51 bits per heavy atom. The molecule has 2 heterocycles. The van der Waals surface area contributed by atoms with Crippen molar-refractivity contribution < 1.29 is 37.8 Å². The highest BCUT2D eigenvalue weighted by molar-refractivity contribution is 8.13. The van der Waals surface area contributed by atoms with E-state index in [2.05, 4.69) is 10.1 Å². The molecule has 0 spiro atoms. The number of hydrogen-bond acceptors (Lipinski definition) is 11. The van der Waals surface area contributed by atoms with Gasteiger partial charge in [-0.3, -0.25) is 33.0 Å². The van der Waals surface area contributed by atoms with Gasteiger partial charge in [0.05, 0.1) is 19.3 Å². The number of aryl methyl sites for hydroxylation is 1. The van der Waals surface area contributed by atoms with E-state index in [-0.39, 0.29) is 23.0 Å². The van der Waals surface area contributed by atoms with E-state index in [9.17, 15) is 28.8 Å². The molecule has 6 atom stereocenters. The lowest BCUT2D eigenvalue weighted by molar-refractivity contribution is -0.149. The Labute approximate surface area is 235 Å². The minimum absolute atomic E-state index is 0.0851. The standard InChI is InChI=1S/C23H37ClN3O10PS/c1-12(2)36-20(30)14(4)26-38(33,34-8-9-39-21(31)23(5,6)7)35-11-15-17(28)16(24)19(37-15)27-10-13(3)18(29)25-22(27)32/h10,12,14-17,19,28H,8-9,11H2,1-7H3,(H,26,33)(H,25,29,32). The summed E-state index contributed by atoms with van der Waals surface area (Å²) in [6, 6.07) is -1.09. The summed E-state index contributed by atoms with van der Waals surface area (Å²) < 4.78 is 36.5. The van der Waals surface area contributed by atoms with E-state index in [0.29, 0.717) is 0 Å². The molecule has 16 heteroatoms. The van der Waals surface area contributed by atoms with Crippen LogP contribution in [-0.4, -0.2) is 74.4 Å². The second kappa shape index (κ2) is 13.9. The van der Waals surface area contributed by atoms with Crippen molar-refractivity contribution in [2.24, 2.45) is 5.41 Å². The number of ether oxygens (including phenoxy) is 2. The number of rotatable bonds is 12. The summed E-state index contributed by atoms with van der Waals surface area (Å²) in [5.41, 5.74) is -1.71. The topological polar surface area (TPSA) is 175 Å². The zero-order valence-electron chi connectivity index (χ0n) is 23.0. The molecule has 13 nitrogen and oxygen atoms in total. The van der Waals surface area contributed by atoms with Gasteiger partial charge in [-0.2, -0.15) is 0 Å². The van der Waals surface area contributed by atoms with Crippen LogP contribution in [0.2, 0.25) is 0 Å². The molecule has 39 heavy (non-hydrogen) atoms. The first-order valence-electron chi connectivity index (χ1n) is 12.3. The van der Waals surface area contributed by atoms with E-state index in [4.69, 9.17) is 30.1 Å². The average molecular weight is 614 g/mol. The number of thioether (sulfide) groups is 1. The van der Waals surface area contributed by atoms with Crippen LogP contribution in [-0.2, 0) is 32.7 Å². The molecule has 1 aliphatic heterocycles. The summed E-state index contributed by atoms with van der Waals surface area (Å²) >= 11 is 7.32. The molecule has 6 unspecified atom stereocenters. The molecule has 0 amide bonds. The number of nitrogens with zero attached hydrogens (tertiary/aromatic N) is 1. The molecule has 0 aliphatic carbocycles. The Morgan fingerprint density at radius 1 is 1.28 bits per heavy atom. The minimum Gasteiger partial charge on any atom is -0.462 e. The van der Waals surface area contributed by atoms with Crippen molar-refractivity contribution in [1.82, 2.24) is 14.6 Å². The van der Waals surface area contributed by atoms with E-state index in [0.717, 1.165) is 16.3 Å². The summed E-state index contributed by atoms with van der Waals surface area (Å²) in [5, 5.41) is 11.9. The molecule has 1 aromatic rings. The van der Waals surface area contributed by atoms with Gasteiger partial charge in [-0.25, -0.2) is 14.4 Å². The molecule has 0 radical (unpaired) electrons. The number of halogens is 1. The minimum atomic E-state index is -4.21. The van der Waals surface area contributed by atoms with Gasteiger partial charge in [-0.1, -0.05) is 32.5 Å². The third kappa shape index (κ3) is 9.53. The molecule has 1 aliphatic rings. The van der Waals surface area contributed by atoms with Crippen LogP contribution in [0.15, 0.2) is 15.8 Å². The summed E-state index contributed by atoms with van der Waals surface area (Å²) in [4.78, 5) is 50.6. The van der Waals surface area contributed by atoms with Gasteiger partial charge in [0.25, 0.3) is 5.56 Å². The smallest absolute Gasteiger partial charge is 0.406 e. The number of aromatic amines is 1. The van der Waals surface area contributed by atoms with Crippen molar-refractivity contribution in [1.29, 1.82) is 0 Å². The van der Waals surface area contributed by atoms with Crippen molar-refractivity contribution in [3.05, 3.63) is 32.6 Å². The molecule has 0 saturated carbocycles. The van der Waals surface area contributed by atoms with Crippen molar-refractivity contribution in [2.45, 2.75) is 84.4 Å². The van der Waals surface area contributed by atoms with Crippen LogP contribution in [0.25, 0.3) is 0 Å². The summed E-state index contributed by atoms with van der Waals surface area (Å²) in [7, 11) is -4.21. The summed E-state index contributed by atoms with van der Waals surface area (Å²) in [5.74, 6) is -0.528. The predicted octanol–water partition coefficient (Wildman–Crippen LogP) is 2.09. The third-order valence-electron chi connectivity index (χ3n) is 5.37. The fourth-order valence-corrected chi connectivity index (χ4v) is 5.99. The molecule has 1 aromatic heterocycles. The van der Waals surface area contributed by atoms with E-state index < -0.39 is 72.9 Å². The van der Waals surface area contributed by atoms with Crippen LogP contribution in [0.3, 0.4) is 0 Å². The first kappa shape index (κ1) is 33.7. The quantitative estimate of drug-likeness (QED) is 0.136. The first-order chi connectivity index (χ1) is 17.9. The Kier molecular flexibility index (Phi) is 12.0. The van der Waals surface area contributed by atoms with Crippen LogP contribution < -0.4 is 16.3 Å².